The van der Waals surface area contributed by atoms with Crippen molar-refractivity contribution >= 4 is 22.2 Å². The van der Waals surface area contributed by atoms with E-state index in [1.165, 1.54) is 11.3 Å². The lowest BCUT2D eigenvalue weighted by molar-refractivity contribution is 0.0946. The molecule has 0 aliphatic heterocycles. The second-order valence-electron chi connectivity index (χ2n) is 3.61. The normalized spacial score (nSPS) is 10.9. The molecule has 0 aliphatic carbocycles. The monoisotopic (exact) mass is 263 g/mol. The standard InChI is InChI=1S/C10H9N5O2S/c1-6-12-13-10-15(6)14-9(18-10)8(16)11-5-7-3-2-4-17-7/h2-4H,5H2,1H3,(H,11,16). The number of nitrogens with zero attached hydrogens (tertiary/aromatic N) is 4. The molecule has 0 radical (unpaired) electrons. The van der Waals surface area contributed by atoms with E-state index in [4.69, 9.17) is 4.42 Å². The van der Waals surface area contributed by atoms with Gasteiger partial charge in [0.2, 0.25) is 9.97 Å². The van der Waals surface area contributed by atoms with Gasteiger partial charge in [-0.3, -0.25) is 4.79 Å². The minimum Gasteiger partial charge on any atom is -0.467 e. The van der Waals surface area contributed by atoms with Crippen molar-refractivity contribution < 1.29 is 9.21 Å². The third kappa shape index (κ3) is 1.86. The van der Waals surface area contributed by atoms with Crippen LogP contribution in [0.1, 0.15) is 21.4 Å². The Labute approximate surface area is 105 Å². The van der Waals surface area contributed by atoms with E-state index in [-0.39, 0.29) is 5.91 Å². The predicted octanol–water partition coefficient (Wildman–Crippen LogP) is 1.02. The number of hydrogen-bond acceptors (Lipinski definition) is 6. The highest BCUT2D eigenvalue weighted by molar-refractivity contribution is 7.18. The van der Waals surface area contributed by atoms with E-state index >= 15 is 0 Å². The molecule has 1 amide bonds. The first-order chi connectivity index (χ1) is 8.74. The fraction of sp³-hybridized carbons (Fsp3) is 0.200. The fourth-order valence-electron chi connectivity index (χ4n) is 1.46. The molecule has 3 aromatic heterocycles. The smallest absolute Gasteiger partial charge is 0.282 e. The van der Waals surface area contributed by atoms with Gasteiger partial charge in [0.05, 0.1) is 12.8 Å². The molecule has 3 aromatic rings. The Morgan fingerprint density at radius 2 is 2.44 bits per heavy atom. The Morgan fingerprint density at radius 3 is 3.17 bits per heavy atom. The van der Waals surface area contributed by atoms with Gasteiger partial charge in [0.25, 0.3) is 5.91 Å². The van der Waals surface area contributed by atoms with Crippen LogP contribution in [-0.2, 0) is 6.54 Å². The first-order valence-electron chi connectivity index (χ1n) is 5.23. The molecule has 3 rings (SSSR count). The van der Waals surface area contributed by atoms with E-state index in [2.05, 4.69) is 20.6 Å². The van der Waals surface area contributed by atoms with Crippen LogP contribution in [0, 0.1) is 6.92 Å². The predicted molar refractivity (Wildman–Crippen MR) is 63.3 cm³/mol. The van der Waals surface area contributed by atoms with E-state index in [0.717, 1.165) is 0 Å². The number of aryl methyl sites for hydroxylation is 1. The zero-order chi connectivity index (χ0) is 12.5. The summed E-state index contributed by atoms with van der Waals surface area (Å²) >= 11 is 1.20. The maximum absolute atomic E-state index is 11.9. The molecular weight excluding hydrogens is 254 g/mol. The molecule has 18 heavy (non-hydrogen) atoms. The number of nitrogens with one attached hydrogen (secondary N) is 1. The summed E-state index contributed by atoms with van der Waals surface area (Å²) in [6.45, 7) is 2.12. The van der Waals surface area contributed by atoms with Crippen LogP contribution in [0.2, 0.25) is 0 Å². The Morgan fingerprint density at radius 1 is 1.56 bits per heavy atom. The number of aromatic nitrogens is 4. The van der Waals surface area contributed by atoms with Gasteiger partial charge in [0.1, 0.15) is 5.76 Å². The quantitative estimate of drug-likeness (QED) is 0.762. The van der Waals surface area contributed by atoms with Crippen LogP contribution in [0.3, 0.4) is 0 Å². The van der Waals surface area contributed by atoms with Crippen molar-refractivity contribution in [1.82, 2.24) is 25.1 Å². The molecule has 0 fully saturated rings. The van der Waals surface area contributed by atoms with Gasteiger partial charge >= 0.3 is 0 Å². The lowest BCUT2D eigenvalue weighted by Crippen LogP contribution is -2.22. The van der Waals surface area contributed by atoms with Gasteiger partial charge in [-0.05, 0) is 19.1 Å². The van der Waals surface area contributed by atoms with Crippen LogP contribution >= 0.6 is 11.3 Å². The highest BCUT2D eigenvalue weighted by Crippen LogP contribution is 2.13. The number of hydrogen-bond donors (Lipinski definition) is 1. The van der Waals surface area contributed by atoms with Gasteiger partial charge in [0.15, 0.2) is 5.82 Å². The van der Waals surface area contributed by atoms with Gasteiger partial charge in [-0.25, -0.2) is 0 Å². The number of fused-ring (bicyclic) bond motifs is 1. The zero-order valence-corrected chi connectivity index (χ0v) is 10.3. The lowest BCUT2D eigenvalue weighted by Gasteiger charge is -1.98. The Hall–Kier alpha value is -2.22. The third-order valence-corrected chi connectivity index (χ3v) is 3.24. The Kier molecular flexibility index (Phi) is 2.56. The molecular formula is C10H9N5O2S. The molecule has 8 heteroatoms. The molecule has 0 saturated heterocycles. The minimum absolute atomic E-state index is 0.249. The molecule has 0 atom stereocenters. The second-order valence-corrected chi connectivity index (χ2v) is 4.57. The van der Waals surface area contributed by atoms with Crippen molar-refractivity contribution in [3.05, 3.63) is 35.0 Å². The Bertz CT molecular complexity index is 684. The average molecular weight is 263 g/mol. The highest BCUT2D eigenvalue weighted by Gasteiger charge is 2.15. The molecule has 1 N–H and O–H groups in total. The number of amides is 1. The van der Waals surface area contributed by atoms with Gasteiger partial charge in [0, 0.05) is 0 Å². The Balaban J connectivity index is 1.75. The van der Waals surface area contributed by atoms with Gasteiger partial charge in [-0.2, -0.15) is 4.52 Å². The van der Waals surface area contributed by atoms with E-state index in [0.29, 0.717) is 28.1 Å². The third-order valence-electron chi connectivity index (χ3n) is 2.34. The topological polar surface area (TPSA) is 85.3 Å². The highest BCUT2D eigenvalue weighted by atomic mass is 32.1. The second kappa shape index (κ2) is 4.22. The van der Waals surface area contributed by atoms with Gasteiger partial charge in [-0.1, -0.05) is 11.3 Å². The van der Waals surface area contributed by atoms with Crippen LogP contribution in [0.15, 0.2) is 22.8 Å². The maximum Gasteiger partial charge on any atom is 0.282 e. The molecule has 0 unspecified atom stereocenters. The summed E-state index contributed by atoms with van der Waals surface area (Å²) in [5.41, 5.74) is 0. The number of carbonyl (C=O) groups is 1. The molecule has 0 saturated carbocycles. The van der Waals surface area contributed by atoms with E-state index in [9.17, 15) is 4.79 Å². The minimum atomic E-state index is -0.249. The summed E-state index contributed by atoms with van der Waals surface area (Å²) in [7, 11) is 0. The molecule has 7 nitrogen and oxygen atoms in total. The SMILES string of the molecule is Cc1nnc2sc(C(=O)NCc3ccco3)nn12. The van der Waals surface area contributed by atoms with Crippen LogP contribution in [-0.4, -0.2) is 25.7 Å². The molecule has 0 bridgehead atoms. The summed E-state index contributed by atoms with van der Waals surface area (Å²) in [4.78, 5) is 12.5. The van der Waals surface area contributed by atoms with Gasteiger partial charge in [-0.15, -0.1) is 15.3 Å². The molecule has 3 heterocycles. The molecule has 0 aliphatic rings. The number of rotatable bonds is 3. The van der Waals surface area contributed by atoms with Crippen molar-refractivity contribution in [2.24, 2.45) is 0 Å². The van der Waals surface area contributed by atoms with Crippen molar-refractivity contribution in [2.45, 2.75) is 13.5 Å². The molecule has 92 valence electrons. The number of furan rings is 1. The maximum atomic E-state index is 11.9. The largest absolute Gasteiger partial charge is 0.467 e. The summed E-state index contributed by atoms with van der Waals surface area (Å²) < 4.78 is 6.67. The first kappa shape index (κ1) is 10.9. The van der Waals surface area contributed by atoms with Crippen LogP contribution in [0.25, 0.3) is 4.96 Å². The van der Waals surface area contributed by atoms with Crippen molar-refractivity contribution in [3.63, 3.8) is 0 Å². The van der Waals surface area contributed by atoms with Crippen molar-refractivity contribution in [2.75, 3.05) is 0 Å². The van der Waals surface area contributed by atoms with Crippen molar-refractivity contribution in [3.8, 4) is 0 Å². The molecule has 0 aromatic carbocycles. The summed E-state index contributed by atoms with van der Waals surface area (Å²) in [6, 6.07) is 3.57. The first-order valence-corrected chi connectivity index (χ1v) is 6.05. The van der Waals surface area contributed by atoms with E-state index in [1.807, 2.05) is 0 Å². The van der Waals surface area contributed by atoms with Gasteiger partial charge < -0.3 is 9.73 Å². The zero-order valence-electron chi connectivity index (χ0n) is 9.45. The summed E-state index contributed by atoms with van der Waals surface area (Å²) in [5.74, 6) is 1.11. The van der Waals surface area contributed by atoms with Crippen LogP contribution < -0.4 is 5.32 Å². The summed E-state index contributed by atoms with van der Waals surface area (Å²) in [5, 5.41) is 15.0. The average Bonchev–Trinajstić information content (AvgIpc) is 3.05. The van der Waals surface area contributed by atoms with E-state index in [1.54, 1.807) is 29.8 Å². The number of carbonyl (C=O) groups excluding carboxylic acids is 1. The summed E-state index contributed by atoms with van der Waals surface area (Å²) in [6.07, 6.45) is 1.56. The molecule has 0 spiro atoms. The van der Waals surface area contributed by atoms with Crippen molar-refractivity contribution in [1.29, 1.82) is 0 Å². The fourth-order valence-corrected chi connectivity index (χ4v) is 2.26. The van der Waals surface area contributed by atoms with Crippen LogP contribution in [0.5, 0.6) is 0 Å². The van der Waals surface area contributed by atoms with Crippen LogP contribution in [0.4, 0.5) is 0 Å². The van der Waals surface area contributed by atoms with E-state index < -0.39 is 0 Å². The lowest BCUT2D eigenvalue weighted by atomic mass is 10.4.